The lowest BCUT2D eigenvalue weighted by Gasteiger charge is -2.16. The molecule has 5 heteroatoms. The van der Waals surface area contributed by atoms with Crippen molar-refractivity contribution in [3.05, 3.63) is 29.4 Å². The summed E-state index contributed by atoms with van der Waals surface area (Å²) >= 11 is 5.92. The van der Waals surface area contributed by atoms with Crippen LogP contribution in [-0.4, -0.2) is 34.8 Å². The monoisotopic (exact) mass is 263 g/mol. The van der Waals surface area contributed by atoms with Gasteiger partial charge in [0.05, 0.1) is 17.2 Å². The van der Waals surface area contributed by atoms with Crippen LogP contribution in [0.1, 0.15) is 6.42 Å². The van der Waals surface area contributed by atoms with Gasteiger partial charge < -0.3 is 10.0 Å². The highest BCUT2D eigenvalue weighted by atomic mass is 35.5. The molecule has 1 fully saturated rings. The van der Waals surface area contributed by atoms with Crippen LogP contribution in [0.4, 0.5) is 5.82 Å². The fourth-order valence-corrected chi connectivity index (χ4v) is 2.48. The quantitative estimate of drug-likeness (QED) is 0.902. The number of halogens is 1. The smallest absolute Gasteiger partial charge is 0.147 e. The fraction of sp³-hybridized carbons (Fsp3) is 0.385. The Balaban J connectivity index is 1.92. The predicted octanol–water partition coefficient (Wildman–Crippen LogP) is 2.10. The molecular formula is C13H14ClN3O. The Hall–Kier alpha value is -1.39. The van der Waals surface area contributed by atoms with Crippen LogP contribution >= 0.6 is 11.6 Å². The van der Waals surface area contributed by atoms with Crippen LogP contribution in [0.2, 0.25) is 5.02 Å². The van der Waals surface area contributed by atoms with Gasteiger partial charge in [0.15, 0.2) is 0 Å². The fourth-order valence-electron chi connectivity index (χ4n) is 2.32. The van der Waals surface area contributed by atoms with Gasteiger partial charge in [-0.25, -0.2) is 4.98 Å². The van der Waals surface area contributed by atoms with Gasteiger partial charge in [0, 0.05) is 30.6 Å². The molecule has 1 aromatic heterocycles. The molecule has 0 spiro atoms. The molecule has 1 N–H and O–H groups in total. The first-order chi connectivity index (χ1) is 8.76. The van der Waals surface area contributed by atoms with Crippen molar-refractivity contribution < 1.29 is 5.11 Å². The first-order valence-corrected chi connectivity index (χ1v) is 6.42. The van der Waals surface area contributed by atoms with E-state index in [0.717, 1.165) is 36.4 Å². The zero-order valence-electron chi connectivity index (χ0n) is 9.88. The van der Waals surface area contributed by atoms with E-state index < -0.39 is 0 Å². The lowest BCUT2D eigenvalue weighted by Crippen LogP contribution is -2.21. The zero-order chi connectivity index (χ0) is 12.5. The van der Waals surface area contributed by atoms with Gasteiger partial charge in [-0.15, -0.1) is 0 Å². The third-order valence-corrected chi connectivity index (χ3v) is 3.59. The maximum absolute atomic E-state index is 9.16. The summed E-state index contributed by atoms with van der Waals surface area (Å²) in [5, 5.41) is 9.83. The van der Waals surface area contributed by atoms with Crippen LogP contribution in [0.15, 0.2) is 24.4 Å². The highest BCUT2D eigenvalue weighted by Crippen LogP contribution is 2.23. The summed E-state index contributed by atoms with van der Waals surface area (Å²) < 4.78 is 0. The number of aliphatic hydroxyl groups excluding tert-OH is 1. The molecule has 0 saturated carbocycles. The van der Waals surface area contributed by atoms with Gasteiger partial charge in [-0.3, -0.25) is 4.98 Å². The minimum Gasteiger partial charge on any atom is -0.396 e. The molecular weight excluding hydrogens is 250 g/mol. The van der Waals surface area contributed by atoms with Gasteiger partial charge >= 0.3 is 0 Å². The second kappa shape index (κ2) is 4.71. The van der Waals surface area contributed by atoms with E-state index in [1.54, 1.807) is 6.20 Å². The molecule has 2 heterocycles. The highest BCUT2D eigenvalue weighted by Gasteiger charge is 2.23. The zero-order valence-corrected chi connectivity index (χ0v) is 10.6. The Morgan fingerprint density at radius 3 is 3.06 bits per heavy atom. The standard InChI is InChI=1S/C13H14ClN3O/c14-10-1-2-11-12(5-10)15-6-13(16-11)17-4-3-9(7-17)8-18/h1-2,5-6,9,18H,3-4,7-8H2. The van der Waals surface area contributed by atoms with E-state index in [2.05, 4.69) is 14.9 Å². The second-order valence-electron chi connectivity index (χ2n) is 4.64. The SMILES string of the molecule is OCC1CCN(c2cnc3cc(Cl)ccc3n2)C1. The molecule has 1 unspecified atom stereocenters. The van der Waals surface area contributed by atoms with Crippen LogP contribution in [0.3, 0.4) is 0 Å². The van der Waals surface area contributed by atoms with E-state index >= 15 is 0 Å². The van der Waals surface area contributed by atoms with Gasteiger partial charge in [-0.2, -0.15) is 0 Å². The molecule has 1 aliphatic heterocycles. The van der Waals surface area contributed by atoms with Gasteiger partial charge in [0.2, 0.25) is 0 Å². The second-order valence-corrected chi connectivity index (χ2v) is 5.08. The molecule has 1 saturated heterocycles. The predicted molar refractivity (Wildman–Crippen MR) is 72.0 cm³/mol. The average molecular weight is 264 g/mol. The molecule has 18 heavy (non-hydrogen) atoms. The van der Waals surface area contributed by atoms with Crippen LogP contribution < -0.4 is 4.90 Å². The molecule has 0 radical (unpaired) electrons. The van der Waals surface area contributed by atoms with E-state index in [4.69, 9.17) is 16.7 Å². The molecule has 4 nitrogen and oxygen atoms in total. The van der Waals surface area contributed by atoms with Crippen molar-refractivity contribution in [1.29, 1.82) is 0 Å². The molecule has 1 atom stereocenters. The topological polar surface area (TPSA) is 49.2 Å². The third-order valence-electron chi connectivity index (χ3n) is 3.36. The Kier molecular flexibility index (Phi) is 3.06. The van der Waals surface area contributed by atoms with Gasteiger partial charge in [-0.05, 0) is 24.6 Å². The molecule has 0 aliphatic carbocycles. The van der Waals surface area contributed by atoms with Crippen molar-refractivity contribution in [2.45, 2.75) is 6.42 Å². The maximum Gasteiger partial charge on any atom is 0.147 e. The normalized spacial score (nSPS) is 19.7. The molecule has 2 aromatic rings. The van der Waals surface area contributed by atoms with Crippen molar-refractivity contribution in [3.8, 4) is 0 Å². The van der Waals surface area contributed by atoms with Crippen molar-refractivity contribution in [2.24, 2.45) is 5.92 Å². The number of fused-ring (bicyclic) bond motifs is 1. The number of hydrogen-bond acceptors (Lipinski definition) is 4. The van der Waals surface area contributed by atoms with Crippen LogP contribution in [0, 0.1) is 5.92 Å². The minimum absolute atomic E-state index is 0.243. The first-order valence-electron chi connectivity index (χ1n) is 6.04. The van der Waals surface area contributed by atoms with Crippen LogP contribution in [-0.2, 0) is 0 Å². The van der Waals surface area contributed by atoms with Crippen molar-refractivity contribution in [3.63, 3.8) is 0 Å². The summed E-state index contributed by atoms with van der Waals surface area (Å²) in [5.41, 5.74) is 1.66. The Labute approximate surface area is 110 Å². The van der Waals surface area contributed by atoms with E-state index in [9.17, 15) is 0 Å². The number of rotatable bonds is 2. The summed E-state index contributed by atoms with van der Waals surface area (Å²) in [6.07, 6.45) is 2.79. The molecule has 0 amide bonds. The van der Waals surface area contributed by atoms with Crippen molar-refractivity contribution in [2.75, 3.05) is 24.6 Å². The van der Waals surface area contributed by atoms with Crippen LogP contribution in [0.5, 0.6) is 0 Å². The molecule has 0 bridgehead atoms. The number of aliphatic hydroxyl groups is 1. The van der Waals surface area contributed by atoms with E-state index in [1.807, 2.05) is 18.2 Å². The summed E-state index contributed by atoms with van der Waals surface area (Å²) in [5.74, 6) is 1.23. The average Bonchev–Trinajstić information content (AvgIpc) is 2.87. The summed E-state index contributed by atoms with van der Waals surface area (Å²) in [4.78, 5) is 11.1. The Bertz CT molecular complexity index is 575. The highest BCUT2D eigenvalue weighted by molar-refractivity contribution is 6.31. The molecule has 1 aromatic carbocycles. The number of anilines is 1. The van der Waals surface area contributed by atoms with E-state index in [0.29, 0.717) is 10.9 Å². The van der Waals surface area contributed by atoms with E-state index in [1.165, 1.54) is 0 Å². The number of nitrogens with zero attached hydrogens (tertiary/aromatic N) is 3. The van der Waals surface area contributed by atoms with Gasteiger partial charge in [-0.1, -0.05) is 11.6 Å². The lowest BCUT2D eigenvalue weighted by molar-refractivity contribution is 0.238. The largest absolute Gasteiger partial charge is 0.396 e. The van der Waals surface area contributed by atoms with Crippen molar-refractivity contribution >= 4 is 28.5 Å². The molecule has 94 valence electrons. The number of aromatic nitrogens is 2. The number of hydrogen-bond donors (Lipinski definition) is 1. The Morgan fingerprint density at radius 1 is 1.39 bits per heavy atom. The third kappa shape index (κ3) is 2.13. The summed E-state index contributed by atoms with van der Waals surface area (Å²) in [6.45, 7) is 2.02. The Morgan fingerprint density at radius 2 is 2.28 bits per heavy atom. The minimum atomic E-state index is 0.243. The summed E-state index contributed by atoms with van der Waals surface area (Å²) in [7, 11) is 0. The molecule has 3 rings (SSSR count). The maximum atomic E-state index is 9.16. The van der Waals surface area contributed by atoms with Gasteiger partial charge in [0.25, 0.3) is 0 Å². The lowest BCUT2D eigenvalue weighted by atomic mass is 10.1. The van der Waals surface area contributed by atoms with Crippen LogP contribution in [0.25, 0.3) is 11.0 Å². The van der Waals surface area contributed by atoms with Gasteiger partial charge in [0.1, 0.15) is 5.82 Å². The molecule has 1 aliphatic rings. The van der Waals surface area contributed by atoms with E-state index in [-0.39, 0.29) is 6.61 Å². The number of benzene rings is 1. The van der Waals surface area contributed by atoms with Crippen molar-refractivity contribution in [1.82, 2.24) is 9.97 Å². The first kappa shape index (κ1) is 11.7. The summed E-state index contributed by atoms with van der Waals surface area (Å²) in [6, 6.07) is 5.52.